The van der Waals surface area contributed by atoms with Gasteiger partial charge >= 0.3 is 0 Å². The number of rotatable bonds is 7. The number of nitrogens with one attached hydrogen (secondary N) is 1. The highest BCUT2D eigenvalue weighted by molar-refractivity contribution is 9.10. The summed E-state index contributed by atoms with van der Waals surface area (Å²) in [7, 11) is 4.70. The summed E-state index contributed by atoms with van der Waals surface area (Å²) in [5, 5.41) is 2.88. The van der Waals surface area contributed by atoms with Crippen LogP contribution in [0.3, 0.4) is 0 Å². The second-order valence-corrected chi connectivity index (χ2v) is 5.83. The Hall–Kier alpha value is -2.05. The number of carbonyl (C=O) groups excluding carboxylic acids is 1. The Morgan fingerprint density at radius 3 is 2.17 bits per heavy atom. The lowest BCUT2D eigenvalue weighted by Crippen LogP contribution is -2.29. The van der Waals surface area contributed by atoms with Crippen molar-refractivity contribution in [1.82, 2.24) is 5.32 Å². The summed E-state index contributed by atoms with van der Waals surface area (Å²) in [6, 6.07) is 13.1. The molecule has 1 amide bonds. The Kier molecular flexibility index (Phi) is 6.63. The Balaban J connectivity index is 2.12. The molecule has 0 aromatic heterocycles. The van der Waals surface area contributed by atoms with Crippen molar-refractivity contribution in [2.24, 2.45) is 0 Å². The average Bonchev–Trinajstić information content (AvgIpc) is 2.63. The largest absolute Gasteiger partial charge is 0.495 e. The number of benzene rings is 2. The minimum Gasteiger partial charge on any atom is -0.495 e. The summed E-state index contributed by atoms with van der Waals surface area (Å²) in [6.07, 6.45) is -0.214. The Labute approximate surface area is 150 Å². The minimum atomic E-state index is -0.225. The molecule has 24 heavy (non-hydrogen) atoms. The van der Waals surface area contributed by atoms with Gasteiger partial charge in [-0.05, 0) is 33.6 Å². The molecule has 0 spiro atoms. The summed E-state index contributed by atoms with van der Waals surface area (Å²) in [5.74, 6) is 0.841. The second kappa shape index (κ2) is 8.70. The van der Waals surface area contributed by atoms with Crippen molar-refractivity contribution in [3.63, 3.8) is 0 Å². The number of ether oxygens (including phenoxy) is 3. The van der Waals surface area contributed by atoms with Gasteiger partial charge in [-0.1, -0.05) is 30.3 Å². The van der Waals surface area contributed by atoms with Crippen molar-refractivity contribution >= 4 is 21.8 Å². The highest BCUT2D eigenvalue weighted by Gasteiger charge is 2.16. The first-order valence-electron chi connectivity index (χ1n) is 7.38. The zero-order valence-electron chi connectivity index (χ0n) is 13.8. The summed E-state index contributed by atoms with van der Waals surface area (Å²) in [4.78, 5) is 12.5. The van der Waals surface area contributed by atoms with Crippen LogP contribution >= 0.6 is 15.9 Å². The Bertz CT molecular complexity index is 666. The fourth-order valence-corrected chi connectivity index (χ4v) is 2.85. The quantitative estimate of drug-likeness (QED) is 0.780. The summed E-state index contributed by atoms with van der Waals surface area (Å²) < 4.78 is 16.7. The molecule has 0 fully saturated rings. The number of halogens is 1. The van der Waals surface area contributed by atoms with Gasteiger partial charge in [-0.15, -0.1) is 0 Å². The molecule has 0 radical (unpaired) electrons. The lowest BCUT2D eigenvalue weighted by atomic mass is 10.1. The van der Waals surface area contributed by atoms with Crippen LogP contribution < -0.4 is 14.8 Å². The SMILES string of the molecule is COc1cc(C(=O)NCC(OC)c2ccccc2)cc(OC)c1Br. The summed E-state index contributed by atoms with van der Waals surface area (Å²) in [5.41, 5.74) is 1.46. The molecule has 2 rings (SSSR count). The van der Waals surface area contributed by atoms with Gasteiger partial charge in [0.15, 0.2) is 0 Å². The molecule has 0 aliphatic rings. The monoisotopic (exact) mass is 393 g/mol. The topological polar surface area (TPSA) is 56.8 Å². The molecule has 1 atom stereocenters. The van der Waals surface area contributed by atoms with E-state index in [-0.39, 0.29) is 12.0 Å². The predicted octanol–water partition coefficient (Wildman–Crippen LogP) is 3.58. The third-order valence-corrected chi connectivity index (χ3v) is 4.39. The number of amides is 1. The van der Waals surface area contributed by atoms with Gasteiger partial charge in [0.25, 0.3) is 5.91 Å². The first-order chi connectivity index (χ1) is 11.6. The van der Waals surface area contributed by atoms with E-state index in [1.165, 1.54) is 14.2 Å². The summed E-state index contributed by atoms with van der Waals surface area (Å²) in [6.45, 7) is 0.361. The highest BCUT2D eigenvalue weighted by Crippen LogP contribution is 2.35. The molecular formula is C18H20BrNO4. The molecule has 0 aliphatic carbocycles. The van der Waals surface area contributed by atoms with Gasteiger partial charge in [0.05, 0.1) is 20.3 Å². The van der Waals surface area contributed by atoms with Gasteiger partial charge in [0, 0.05) is 19.2 Å². The predicted molar refractivity (Wildman–Crippen MR) is 95.8 cm³/mol. The van der Waals surface area contributed by atoms with Crippen molar-refractivity contribution in [3.8, 4) is 11.5 Å². The van der Waals surface area contributed by atoms with Crippen molar-refractivity contribution in [2.75, 3.05) is 27.9 Å². The standard InChI is InChI=1S/C18H20BrNO4/c1-22-14-9-13(10-15(23-2)17(14)19)18(21)20-11-16(24-3)12-7-5-4-6-8-12/h4-10,16H,11H2,1-3H3,(H,20,21). The third-order valence-electron chi connectivity index (χ3n) is 3.61. The van der Waals surface area contributed by atoms with Crippen LogP contribution in [0.2, 0.25) is 0 Å². The highest BCUT2D eigenvalue weighted by atomic mass is 79.9. The van der Waals surface area contributed by atoms with Crippen LogP contribution in [0.5, 0.6) is 11.5 Å². The molecule has 0 saturated carbocycles. The first-order valence-corrected chi connectivity index (χ1v) is 8.17. The molecule has 2 aromatic carbocycles. The number of carbonyl (C=O) groups is 1. The van der Waals surface area contributed by atoms with Gasteiger partial charge in [-0.25, -0.2) is 0 Å². The maximum Gasteiger partial charge on any atom is 0.251 e. The molecule has 0 heterocycles. The summed E-state index contributed by atoms with van der Waals surface area (Å²) >= 11 is 3.39. The smallest absolute Gasteiger partial charge is 0.251 e. The molecule has 0 aliphatic heterocycles. The van der Waals surface area contributed by atoms with Crippen LogP contribution in [0.25, 0.3) is 0 Å². The molecule has 1 unspecified atom stereocenters. The average molecular weight is 394 g/mol. The second-order valence-electron chi connectivity index (χ2n) is 5.04. The van der Waals surface area contributed by atoms with Crippen molar-refractivity contribution in [2.45, 2.75) is 6.10 Å². The third kappa shape index (κ3) is 4.27. The minimum absolute atomic E-state index is 0.214. The molecule has 5 nitrogen and oxygen atoms in total. The molecule has 2 aromatic rings. The van der Waals surface area contributed by atoms with Crippen LogP contribution in [-0.4, -0.2) is 33.8 Å². The van der Waals surface area contributed by atoms with Gasteiger partial charge in [0.1, 0.15) is 16.0 Å². The van der Waals surface area contributed by atoms with Gasteiger partial charge in [0.2, 0.25) is 0 Å². The van der Waals surface area contributed by atoms with Gasteiger partial charge in [-0.3, -0.25) is 4.79 Å². The van der Waals surface area contributed by atoms with E-state index in [1.807, 2.05) is 30.3 Å². The first kappa shape index (κ1) is 18.3. The van der Waals surface area contributed by atoms with E-state index < -0.39 is 0 Å². The molecule has 6 heteroatoms. The number of hydrogen-bond donors (Lipinski definition) is 1. The van der Waals surface area contributed by atoms with E-state index in [0.29, 0.717) is 28.1 Å². The number of methoxy groups -OCH3 is 3. The van der Waals surface area contributed by atoms with E-state index in [9.17, 15) is 4.79 Å². The molecule has 1 N–H and O–H groups in total. The molecular weight excluding hydrogens is 374 g/mol. The van der Waals surface area contributed by atoms with Crippen LogP contribution in [0.15, 0.2) is 46.9 Å². The Morgan fingerprint density at radius 2 is 1.67 bits per heavy atom. The number of hydrogen-bond acceptors (Lipinski definition) is 4. The van der Waals surface area contributed by atoms with E-state index in [4.69, 9.17) is 14.2 Å². The normalized spacial score (nSPS) is 11.7. The van der Waals surface area contributed by atoms with Crippen LogP contribution in [0.1, 0.15) is 22.0 Å². The zero-order chi connectivity index (χ0) is 17.5. The van der Waals surface area contributed by atoms with E-state index in [2.05, 4.69) is 21.2 Å². The van der Waals surface area contributed by atoms with Crippen molar-refractivity contribution in [3.05, 3.63) is 58.1 Å². The fourth-order valence-electron chi connectivity index (χ4n) is 2.29. The lowest BCUT2D eigenvalue weighted by molar-refractivity contribution is 0.0827. The maximum atomic E-state index is 12.5. The van der Waals surface area contributed by atoms with E-state index in [1.54, 1.807) is 19.2 Å². The Morgan fingerprint density at radius 1 is 1.08 bits per heavy atom. The molecule has 0 saturated heterocycles. The molecule has 0 bridgehead atoms. The lowest BCUT2D eigenvalue weighted by Gasteiger charge is -2.17. The van der Waals surface area contributed by atoms with Gasteiger partial charge < -0.3 is 19.5 Å². The van der Waals surface area contributed by atoms with Crippen LogP contribution in [0, 0.1) is 0 Å². The van der Waals surface area contributed by atoms with Crippen molar-refractivity contribution in [1.29, 1.82) is 0 Å². The van der Waals surface area contributed by atoms with Gasteiger partial charge in [-0.2, -0.15) is 0 Å². The van der Waals surface area contributed by atoms with Crippen molar-refractivity contribution < 1.29 is 19.0 Å². The van der Waals surface area contributed by atoms with Crippen LogP contribution in [0.4, 0.5) is 0 Å². The van der Waals surface area contributed by atoms with E-state index >= 15 is 0 Å². The fraction of sp³-hybridized carbons (Fsp3) is 0.278. The zero-order valence-corrected chi connectivity index (χ0v) is 15.4. The van der Waals surface area contributed by atoms with E-state index in [0.717, 1.165) is 5.56 Å². The van der Waals surface area contributed by atoms with Crippen LogP contribution in [-0.2, 0) is 4.74 Å². The maximum absolute atomic E-state index is 12.5. The molecule has 128 valence electrons.